The maximum Gasteiger partial charge on any atom is 0.320 e. The molecule has 1 saturated heterocycles. The van der Waals surface area contributed by atoms with E-state index in [-0.39, 0.29) is 12.1 Å². The molecule has 2 amide bonds. The molecule has 0 unspecified atom stereocenters. The highest BCUT2D eigenvalue weighted by molar-refractivity contribution is 7.91. The van der Waals surface area contributed by atoms with Gasteiger partial charge in [-0.2, -0.15) is 0 Å². The van der Waals surface area contributed by atoms with Gasteiger partial charge in [-0.1, -0.05) is 12.8 Å². The monoisotopic (exact) mass is 474 g/mol. The van der Waals surface area contributed by atoms with Gasteiger partial charge in [-0.25, -0.2) is 28.2 Å². The standard InChI is InChI=1S/C22H30N6O4S/c1-15-14-32-11-10-28(15)19-12-17(22(33(3,30)31)8-4-5-9-22)25-20(27-19)16-6-7-18(24-13-16)26-21(29)23-2/h6-7,12-13,15H,4-5,8-11,14H2,1-3H3,(H2,23,24,26,29)/t15-/m0/s1. The Bertz CT molecular complexity index is 1120. The zero-order valence-corrected chi connectivity index (χ0v) is 20.0. The second-order valence-corrected chi connectivity index (χ2v) is 11.0. The molecule has 2 N–H and O–H groups in total. The van der Waals surface area contributed by atoms with Crippen molar-refractivity contribution in [3.05, 3.63) is 30.1 Å². The van der Waals surface area contributed by atoms with Crippen LogP contribution in [0.1, 0.15) is 38.3 Å². The molecule has 4 rings (SSSR count). The number of aromatic nitrogens is 3. The highest BCUT2D eigenvalue weighted by Crippen LogP contribution is 2.45. The Balaban J connectivity index is 1.81. The van der Waals surface area contributed by atoms with Crippen molar-refractivity contribution in [3.8, 4) is 11.4 Å². The Hall–Kier alpha value is -2.79. The number of ether oxygens (including phenoxy) is 1. The molecule has 10 nitrogen and oxygen atoms in total. The van der Waals surface area contributed by atoms with Crippen LogP contribution in [-0.2, 0) is 19.3 Å². The minimum Gasteiger partial charge on any atom is -0.377 e. The maximum atomic E-state index is 13.0. The topological polar surface area (TPSA) is 126 Å². The smallest absolute Gasteiger partial charge is 0.320 e. The average Bonchev–Trinajstić information content (AvgIpc) is 3.31. The van der Waals surface area contributed by atoms with Gasteiger partial charge in [-0.3, -0.25) is 5.32 Å². The second-order valence-electron chi connectivity index (χ2n) is 8.66. The highest BCUT2D eigenvalue weighted by atomic mass is 32.2. The van der Waals surface area contributed by atoms with Gasteiger partial charge in [0.05, 0.1) is 24.9 Å². The summed E-state index contributed by atoms with van der Waals surface area (Å²) in [4.78, 5) is 27.5. The average molecular weight is 475 g/mol. The lowest BCUT2D eigenvalue weighted by Gasteiger charge is -2.35. The normalized spacial score (nSPS) is 20.5. The Kier molecular flexibility index (Phi) is 6.53. The summed E-state index contributed by atoms with van der Waals surface area (Å²) in [5.41, 5.74) is 1.18. The molecule has 0 aromatic carbocycles. The molecule has 1 aliphatic carbocycles. The lowest BCUT2D eigenvalue weighted by molar-refractivity contribution is 0.0985. The molecule has 0 spiro atoms. The third-order valence-electron chi connectivity index (χ3n) is 6.45. The number of rotatable bonds is 5. The van der Waals surface area contributed by atoms with Crippen molar-refractivity contribution in [2.24, 2.45) is 0 Å². The van der Waals surface area contributed by atoms with Crippen molar-refractivity contribution >= 4 is 27.5 Å². The van der Waals surface area contributed by atoms with E-state index in [1.54, 1.807) is 18.3 Å². The molecule has 2 aliphatic rings. The number of urea groups is 1. The van der Waals surface area contributed by atoms with Crippen LogP contribution in [0.3, 0.4) is 0 Å². The fraction of sp³-hybridized carbons (Fsp3) is 0.545. The van der Waals surface area contributed by atoms with Crippen LogP contribution < -0.4 is 15.5 Å². The van der Waals surface area contributed by atoms with Gasteiger partial charge < -0.3 is 15.0 Å². The summed E-state index contributed by atoms with van der Waals surface area (Å²) in [5.74, 6) is 1.49. The molecule has 2 aromatic heterocycles. The summed E-state index contributed by atoms with van der Waals surface area (Å²) in [6.45, 7) is 3.88. The zero-order chi connectivity index (χ0) is 23.6. The van der Waals surface area contributed by atoms with Gasteiger partial charge in [0.2, 0.25) is 0 Å². The van der Waals surface area contributed by atoms with E-state index in [1.807, 2.05) is 6.07 Å². The number of hydrogen-bond donors (Lipinski definition) is 2. The van der Waals surface area contributed by atoms with Gasteiger partial charge in [-0.05, 0) is 31.9 Å². The van der Waals surface area contributed by atoms with Crippen LogP contribution in [0, 0.1) is 0 Å². The number of nitrogens with zero attached hydrogens (tertiary/aromatic N) is 4. The number of sulfone groups is 1. The largest absolute Gasteiger partial charge is 0.377 e. The molecule has 0 radical (unpaired) electrons. The van der Waals surface area contributed by atoms with Gasteiger partial charge in [0, 0.05) is 37.7 Å². The summed E-state index contributed by atoms with van der Waals surface area (Å²) >= 11 is 0. The fourth-order valence-electron chi connectivity index (χ4n) is 4.55. The second kappa shape index (κ2) is 9.22. The third-order valence-corrected chi connectivity index (χ3v) is 8.49. The minimum atomic E-state index is -3.40. The first-order valence-electron chi connectivity index (χ1n) is 11.1. The van der Waals surface area contributed by atoms with Crippen LogP contribution in [0.25, 0.3) is 11.4 Å². The van der Waals surface area contributed by atoms with E-state index in [1.165, 1.54) is 13.3 Å². The number of morpholine rings is 1. The minimum absolute atomic E-state index is 0.101. The van der Waals surface area contributed by atoms with Crippen LogP contribution in [0.15, 0.2) is 24.4 Å². The van der Waals surface area contributed by atoms with Crippen molar-refractivity contribution in [1.29, 1.82) is 0 Å². The van der Waals surface area contributed by atoms with Gasteiger partial charge in [0.25, 0.3) is 0 Å². The molecule has 178 valence electrons. The molecule has 11 heteroatoms. The SMILES string of the molecule is CNC(=O)Nc1ccc(-c2nc(N3CCOC[C@@H]3C)cc(C3(S(C)(=O)=O)CCCC3)n2)cn1. The fourth-order valence-corrected chi connectivity index (χ4v) is 6.07. The first-order valence-corrected chi connectivity index (χ1v) is 13.0. The Morgan fingerprint density at radius 2 is 2.00 bits per heavy atom. The molecular weight excluding hydrogens is 444 g/mol. The van der Waals surface area contributed by atoms with Gasteiger partial charge in [0.1, 0.15) is 16.4 Å². The van der Waals surface area contributed by atoms with Crippen LogP contribution in [0.5, 0.6) is 0 Å². The van der Waals surface area contributed by atoms with Crippen molar-refractivity contribution in [2.75, 3.05) is 43.3 Å². The summed E-state index contributed by atoms with van der Waals surface area (Å²) in [6, 6.07) is 5.01. The van der Waals surface area contributed by atoms with Crippen LogP contribution >= 0.6 is 0 Å². The summed E-state index contributed by atoms with van der Waals surface area (Å²) in [7, 11) is -1.88. The van der Waals surface area contributed by atoms with Gasteiger partial charge >= 0.3 is 6.03 Å². The molecule has 3 heterocycles. The Morgan fingerprint density at radius 3 is 2.61 bits per heavy atom. The molecule has 1 atom stereocenters. The van der Waals surface area contributed by atoms with E-state index >= 15 is 0 Å². The predicted molar refractivity (Wildman–Crippen MR) is 126 cm³/mol. The van der Waals surface area contributed by atoms with Crippen molar-refractivity contribution in [1.82, 2.24) is 20.3 Å². The number of pyridine rings is 1. The van der Waals surface area contributed by atoms with E-state index in [0.29, 0.717) is 61.3 Å². The molecular formula is C22H30N6O4S. The molecule has 1 saturated carbocycles. The number of nitrogens with one attached hydrogen (secondary N) is 2. The lowest BCUT2D eigenvalue weighted by atomic mass is 10.0. The van der Waals surface area contributed by atoms with Crippen LogP contribution in [-0.4, -0.2) is 68.5 Å². The number of anilines is 2. The van der Waals surface area contributed by atoms with E-state index < -0.39 is 14.6 Å². The first kappa shape index (κ1) is 23.4. The van der Waals surface area contributed by atoms with Crippen molar-refractivity contribution in [3.63, 3.8) is 0 Å². The summed E-state index contributed by atoms with van der Waals surface area (Å²) in [6.07, 6.45) is 5.67. The van der Waals surface area contributed by atoms with Gasteiger partial charge in [0.15, 0.2) is 15.7 Å². The Labute approximate surface area is 194 Å². The highest BCUT2D eigenvalue weighted by Gasteiger charge is 2.47. The summed E-state index contributed by atoms with van der Waals surface area (Å²) < 4.78 is 30.5. The third kappa shape index (κ3) is 4.65. The van der Waals surface area contributed by atoms with E-state index in [9.17, 15) is 13.2 Å². The number of hydrogen-bond acceptors (Lipinski definition) is 8. The number of amides is 2. The molecule has 2 aromatic rings. The van der Waals surface area contributed by atoms with E-state index in [4.69, 9.17) is 14.7 Å². The Morgan fingerprint density at radius 1 is 1.24 bits per heavy atom. The van der Waals surface area contributed by atoms with E-state index in [0.717, 1.165) is 12.8 Å². The van der Waals surface area contributed by atoms with E-state index in [2.05, 4.69) is 27.4 Å². The lowest BCUT2D eigenvalue weighted by Crippen LogP contribution is -2.44. The van der Waals surface area contributed by atoms with Crippen molar-refractivity contribution < 1.29 is 17.9 Å². The van der Waals surface area contributed by atoms with Crippen LogP contribution in [0.4, 0.5) is 16.4 Å². The molecule has 0 bridgehead atoms. The van der Waals surface area contributed by atoms with Crippen molar-refractivity contribution in [2.45, 2.75) is 43.4 Å². The molecule has 33 heavy (non-hydrogen) atoms. The first-order chi connectivity index (χ1) is 15.7. The molecule has 2 fully saturated rings. The van der Waals surface area contributed by atoms with Crippen LogP contribution in [0.2, 0.25) is 0 Å². The molecule has 1 aliphatic heterocycles. The number of carbonyl (C=O) groups is 1. The summed E-state index contributed by atoms with van der Waals surface area (Å²) in [5, 5.41) is 5.10. The van der Waals surface area contributed by atoms with Gasteiger partial charge in [-0.15, -0.1) is 0 Å². The zero-order valence-electron chi connectivity index (χ0n) is 19.2. The quantitative estimate of drug-likeness (QED) is 0.676. The number of carbonyl (C=O) groups excluding carboxylic acids is 1. The maximum absolute atomic E-state index is 13.0. The predicted octanol–water partition coefficient (Wildman–Crippen LogP) is 2.33.